The summed E-state index contributed by atoms with van der Waals surface area (Å²) < 4.78 is 16.3. The van der Waals surface area contributed by atoms with Crippen LogP contribution in [0.25, 0.3) is 22.6 Å². The van der Waals surface area contributed by atoms with Gasteiger partial charge in [0, 0.05) is 11.3 Å². The van der Waals surface area contributed by atoms with Gasteiger partial charge in [-0.2, -0.15) is 0 Å². The first-order valence-corrected chi connectivity index (χ1v) is 7.67. The molecule has 0 aliphatic carbocycles. The van der Waals surface area contributed by atoms with E-state index >= 15 is 0 Å². The second-order valence-electron chi connectivity index (χ2n) is 4.95. The van der Waals surface area contributed by atoms with Crippen molar-refractivity contribution in [2.24, 2.45) is 0 Å². The number of rotatable bonds is 5. The summed E-state index contributed by atoms with van der Waals surface area (Å²) in [6, 6.07) is 10.6. The molecule has 0 saturated heterocycles. The highest BCUT2D eigenvalue weighted by Crippen LogP contribution is 2.33. The molecule has 0 atom stereocenters. The third kappa shape index (κ3) is 3.14. The minimum Gasteiger partial charge on any atom is -0.493 e. The Kier molecular flexibility index (Phi) is 4.57. The number of oxazole rings is 1. The summed E-state index contributed by atoms with van der Waals surface area (Å²) in [5.41, 5.74) is 2.62. The van der Waals surface area contributed by atoms with E-state index in [1.165, 1.54) is 0 Å². The first kappa shape index (κ1) is 16.1. The zero-order valence-corrected chi connectivity index (χ0v) is 13.9. The first-order chi connectivity index (χ1) is 11.6. The molecular weight excluding hydrogens is 332 g/mol. The quantitative estimate of drug-likeness (QED) is 0.713. The minimum absolute atomic E-state index is 0.103. The molecule has 1 aromatic heterocycles. The fourth-order valence-corrected chi connectivity index (χ4v) is 2.36. The molecule has 24 heavy (non-hydrogen) atoms. The van der Waals surface area contributed by atoms with Crippen molar-refractivity contribution in [1.29, 1.82) is 0 Å². The lowest BCUT2D eigenvalue weighted by Gasteiger charge is -2.07. The molecule has 3 aromatic rings. The van der Waals surface area contributed by atoms with Gasteiger partial charge in [0.15, 0.2) is 17.1 Å². The normalized spacial score (nSPS) is 10.6. The Bertz CT molecular complexity index is 891. The molecule has 7 heteroatoms. The van der Waals surface area contributed by atoms with E-state index in [1.54, 1.807) is 44.6 Å². The summed E-state index contributed by atoms with van der Waals surface area (Å²) in [5.74, 6) is 1.29. The van der Waals surface area contributed by atoms with Gasteiger partial charge in [-0.1, -0.05) is 0 Å². The summed E-state index contributed by atoms with van der Waals surface area (Å²) in [5, 5.41) is 2.68. The predicted octanol–water partition coefficient (Wildman–Crippen LogP) is 3.69. The lowest BCUT2D eigenvalue weighted by Crippen LogP contribution is -2.12. The molecule has 0 fully saturated rings. The van der Waals surface area contributed by atoms with Crippen molar-refractivity contribution < 1.29 is 18.7 Å². The molecule has 0 unspecified atom stereocenters. The average molecular weight is 347 g/mol. The molecule has 6 nitrogen and oxygen atoms in total. The van der Waals surface area contributed by atoms with Crippen molar-refractivity contribution in [2.75, 3.05) is 25.4 Å². The van der Waals surface area contributed by atoms with Gasteiger partial charge >= 0.3 is 0 Å². The van der Waals surface area contributed by atoms with E-state index < -0.39 is 0 Å². The number of amides is 1. The topological polar surface area (TPSA) is 73.6 Å². The molecule has 124 valence electrons. The van der Waals surface area contributed by atoms with Gasteiger partial charge < -0.3 is 19.2 Å². The number of fused-ring (bicyclic) bond motifs is 1. The van der Waals surface area contributed by atoms with E-state index in [1.807, 2.05) is 6.07 Å². The molecule has 2 aromatic carbocycles. The van der Waals surface area contributed by atoms with Crippen LogP contribution in [0.4, 0.5) is 5.69 Å². The Morgan fingerprint density at radius 1 is 1.17 bits per heavy atom. The van der Waals surface area contributed by atoms with E-state index in [0.29, 0.717) is 34.2 Å². The number of halogens is 1. The second-order valence-corrected chi connectivity index (χ2v) is 5.22. The Labute approximate surface area is 143 Å². The number of ether oxygens (including phenoxy) is 2. The number of carbonyl (C=O) groups excluding carboxylic acids is 1. The number of hydrogen-bond donors (Lipinski definition) is 1. The predicted molar refractivity (Wildman–Crippen MR) is 91.9 cm³/mol. The Hall–Kier alpha value is -2.73. The average Bonchev–Trinajstić information content (AvgIpc) is 3.04. The highest BCUT2D eigenvalue weighted by atomic mass is 35.5. The summed E-state index contributed by atoms with van der Waals surface area (Å²) in [6.07, 6.45) is 0. The number of carbonyl (C=O) groups is 1. The zero-order chi connectivity index (χ0) is 17.1. The van der Waals surface area contributed by atoms with Crippen LogP contribution in [0.1, 0.15) is 0 Å². The van der Waals surface area contributed by atoms with Gasteiger partial charge in [-0.3, -0.25) is 4.79 Å². The van der Waals surface area contributed by atoms with E-state index in [-0.39, 0.29) is 11.8 Å². The number of alkyl halides is 1. The van der Waals surface area contributed by atoms with Crippen LogP contribution in [-0.2, 0) is 4.79 Å². The van der Waals surface area contributed by atoms with Gasteiger partial charge in [0.1, 0.15) is 11.4 Å². The molecule has 0 saturated carbocycles. The number of nitrogens with one attached hydrogen (secondary N) is 1. The van der Waals surface area contributed by atoms with Crippen molar-refractivity contribution in [3.05, 3.63) is 36.4 Å². The van der Waals surface area contributed by atoms with Crippen molar-refractivity contribution in [3.63, 3.8) is 0 Å². The lowest BCUT2D eigenvalue weighted by molar-refractivity contribution is -0.113. The number of anilines is 1. The maximum atomic E-state index is 11.4. The molecule has 0 spiro atoms. The van der Waals surface area contributed by atoms with Gasteiger partial charge in [-0.05, 0) is 36.4 Å². The molecule has 0 aliphatic heterocycles. The standard InChI is InChI=1S/C17H15ClN2O4/c1-22-14-5-3-10(7-15(14)23-2)17-20-12-8-11(19-16(21)9-18)4-6-13(12)24-17/h3-8H,9H2,1-2H3,(H,19,21). The van der Waals surface area contributed by atoms with E-state index in [9.17, 15) is 4.79 Å². The first-order valence-electron chi connectivity index (χ1n) is 7.13. The Morgan fingerprint density at radius 3 is 2.67 bits per heavy atom. The van der Waals surface area contributed by atoms with Crippen LogP contribution in [-0.4, -0.2) is 31.0 Å². The lowest BCUT2D eigenvalue weighted by atomic mass is 10.2. The summed E-state index contributed by atoms with van der Waals surface area (Å²) in [6.45, 7) is 0. The van der Waals surface area contributed by atoms with Crippen LogP contribution >= 0.6 is 11.6 Å². The fraction of sp³-hybridized carbons (Fsp3) is 0.176. The van der Waals surface area contributed by atoms with Gasteiger partial charge in [0.2, 0.25) is 11.8 Å². The van der Waals surface area contributed by atoms with E-state index in [2.05, 4.69) is 10.3 Å². The molecule has 0 radical (unpaired) electrons. The van der Waals surface area contributed by atoms with Gasteiger partial charge in [-0.25, -0.2) is 4.98 Å². The molecule has 1 N–H and O–H groups in total. The number of methoxy groups -OCH3 is 2. The van der Waals surface area contributed by atoms with Crippen LogP contribution in [0.3, 0.4) is 0 Å². The Balaban J connectivity index is 1.97. The van der Waals surface area contributed by atoms with Crippen LogP contribution in [0.2, 0.25) is 0 Å². The maximum absolute atomic E-state index is 11.4. The van der Waals surface area contributed by atoms with Crippen LogP contribution in [0, 0.1) is 0 Å². The summed E-state index contributed by atoms with van der Waals surface area (Å²) >= 11 is 5.49. The van der Waals surface area contributed by atoms with Crippen LogP contribution in [0.15, 0.2) is 40.8 Å². The van der Waals surface area contributed by atoms with Gasteiger partial charge in [0.25, 0.3) is 0 Å². The molecule has 1 amide bonds. The fourth-order valence-electron chi connectivity index (χ4n) is 2.29. The monoisotopic (exact) mass is 346 g/mol. The SMILES string of the molecule is COc1ccc(-c2nc3cc(NC(=O)CCl)ccc3o2)cc1OC. The number of hydrogen-bond acceptors (Lipinski definition) is 5. The molecule has 1 heterocycles. The third-order valence-electron chi connectivity index (χ3n) is 3.42. The largest absolute Gasteiger partial charge is 0.493 e. The number of nitrogens with zero attached hydrogens (tertiary/aromatic N) is 1. The van der Waals surface area contributed by atoms with Crippen LogP contribution < -0.4 is 14.8 Å². The van der Waals surface area contributed by atoms with Gasteiger partial charge in [-0.15, -0.1) is 11.6 Å². The number of aromatic nitrogens is 1. The highest BCUT2D eigenvalue weighted by molar-refractivity contribution is 6.29. The highest BCUT2D eigenvalue weighted by Gasteiger charge is 2.12. The third-order valence-corrected chi connectivity index (χ3v) is 3.67. The van der Waals surface area contributed by atoms with Crippen molar-refractivity contribution in [2.45, 2.75) is 0 Å². The van der Waals surface area contributed by atoms with Crippen LogP contribution in [0.5, 0.6) is 11.5 Å². The van der Waals surface area contributed by atoms with Crippen molar-refractivity contribution >= 4 is 34.3 Å². The Morgan fingerprint density at radius 2 is 1.96 bits per heavy atom. The summed E-state index contributed by atoms with van der Waals surface area (Å²) in [4.78, 5) is 15.8. The zero-order valence-electron chi connectivity index (χ0n) is 13.1. The number of benzene rings is 2. The second kappa shape index (κ2) is 6.80. The van der Waals surface area contributed by atoms with Crippen molar-refractivity contribution in [1.82, 2.24) is 4.98 Å². The minimum atomic E-state index is -0.278. The van der Waals surface area contributed by atoms with Gasteiger partial charge in [0.05, 0.1) is 14.2 Å². The summed E-state index contributed by atoms with van der Waals surface area (Å²) in [7, 11) is 3.15. The molecule has 0 bridgehead atoms. The maximum Gasteiger partial charge on any atom is 0.239 e. The smallest absolute Gasteiger partial charge is 0.239 e. The van der Waals surface area contributed by atoms with E-state index in [0.717, 1.165) is 5.56 Å². The van der Waals surface area contributed by atoms with Crippen molar-refractivity contribution in [3.8, 4) is 23.0 Å². The van der Waals surface area contributed by atoms with E-state index in [4.69, 9.17) is 25.5 Å². The molecule has 0 aliphatic rings. The molecular formula is C17H15ClN2O4. The molecule has 3 rings (SSSR count).